The third kappa shape index (κ3) is 2.99. The fourth-order valence-electron chi connectivity index (χ4n) is 3.64. The molecule has 146 valence electrons. The fraction of sp³-hybridized carbons (Fsp3) is 0.250. The van der Waals surface area contributed by atoms with E-state index in [9.17, 15) is 13.5 Å². The Morgan fingerprint density at radius 3 is 2.61 bits per heavy atom. The fourth-order valence-corrected chi connectivity index (χ4v) is 5.23. The zero-order valence-corrected chi connectivity index (χ0v) is 16.3. The average molecular weight is 399 g/mol. The summed E-state index contributed by atoms with van der Waals surface area (Å²) in [5, 5.41) is 18.0. The summed E-state index contributed by atoms with van der Waals surface area (Å²) in [6.45, 7) is 0. The number of hydrogen-bond acceptors (Lipinski definition) is 5. The average Bonchev–Trinajstić information content (AvgIpc) is 3.18. The van der Waals surface area contributed by atoms with E-state index >= 15 is 0 Å². The van der Waals surface area contributed by atoms with E-state index in [1.54, 1.807) is 31.5 Å². The molecule has 3 aromatic rings. The van der Waals surface area contributed by atoms with Crippen molar-refractivity contribution >= 4 is 10.0 Å². The Bertz CT molecular complexity index is 1090. The van der Waals surface area contributed by atoms with Crippen LogP contribution in [0.5, 0.6) is 5.75 Å². The van der Waals surface area contributed by atoms with E-state index in [1.807, 2.05) is 24.3 Å². The van der Waals surface area contributed by atoms with Gasteiger partial charge in [-0.2, -0.15) is 9.40 Å². The van der Waals surface area contributed by atoms with Gasteiger partial charge in [0.15, 0.2) is 0 Å². The van der Waals surface area contributed by atoms with Gasteiger partial charge in [-0.1, -0.05) is 18.2 Å². The quantitative estimate of drug-likeness (QED) is 0.702. The van der Waals surface area contributed by atoms with Crippen molar-refractivity contribution in [3.8, 4) is 17.0 Å². The van der Waals surface area contributed by atoms with Crippen LogP contribution in [0.4, 0.5) is 0 Å². The molecule has 1 aliphatic rings. The number of benzene rings is 2. The summed E-state index contributed by atoms with van der Waals surface area (Å²) in [4.78, 5) is 0.156. The third-order valence-corrected chi connectivity index (χ3v) is 7.21. The number of fused-ring (bicyclic) bond motifs is 1. The molecule has 0 amide bonds. The molecular formula is C20H21N3O4S. The molecule has 0 bridgehead atoms. The molecule has 1 aromatic heterocycles. The molecule has 0 unspecified atom stereocenters. The van der Waals surface area contributed by atoms with E-state index in [-0.39, 0.29) is 4.90 Å². The Kier molecular flexibility index (Phi) is 4.70. The number of aliphatic hydroxyl groups is 1. The number of nitrogens with zero attached hydrogens (tertiary/aromatic N) is 2. The summed E-state index contributed by atoms with van der Waals surface area (Å²) in [5.41, 5.74) is 2.96. The Balaban J connectivity index is 1.70. The molecule has 8 heteroatoms. The van der Waals surface area contributed by atoms with Gasteiger partial charge in [0.25, 0.3) is 0 Å². The van der Waals surface area contributed by atoms with Gasteiger partial charge in [-0.3, -0.25) is 5.10 Å². The molecule has 28 heavy (non-hydrogen) atoms. The van der Waals surface area contributed by atoms with Gasteiger partial charge in [0.1, 0.15) is 5.75 Å². The number of methoxy groups -OCH3 is 1. The smallest absolute Gasteiger partial charge is 0.243 e. The number of aromatic amines is 1. The Morgan fingerprint density at radius 1 is 1.18 bits per heavy atom. The van der Waals surface area contributed by atoms with Crippen molar-refractivity contribution in [3.05, 3.63) is 65.9 Å². The molecule has 0 radical (unpaired) electrons. The Hall–Kier alpha value is -2.68. The molecule has 4 rings (SSSR count). The molecule has 0 aliphatic carbocycles. The second kappa shape index (κ2) is 7.05. The minimum Gasteiger partial charge on any atom is -0.497 e. The van der Waals surface area contributed by atoms with E-state index in [4.69, 9.17) is 4.74 Å². The van der Waals surface area contributed by atoms with Crippen molar-refractivity contribution in [2.24, 2.45) is 0 Å². The summed E-state index contributed by atoms with van der Waals surface area (Å²) in [6, 6.07) is 13.5. The number of aliphatic hydroxyl groups excluding tert-OH is 1. The van der Waals surface area contributed by atoms with Gasteiger partial charge in [0.05, 0.1) is 36.0 Å². The SMILES string of the molecule is COc1ccc(-c2[nH]ncc2C[C@H]2[C@H](O)c3ccccc3S(=O)(=O)N2C)cc1. The predicted octanol–water partition coefficient (Wildman–Crippen LogP) is 2.36. The number of aromatic nitrogens is 2. The first-order valence-electron chi connectivity index (χ1n) is 8.85. The lowest BCUT2D eigenvalue weighted by Crippen LogP contribution is -2.46. The van der Waals surface area contributed by atoms with Gasteiger partial charge in [0.2, 0.25) is 10.0 Å². The maximum atomic E-state index is 12.9. The highest BCUT2D eigenvalue weighted by molar-refractivity contribution is 7.89. The number of H-pyrrole nitrogens is 1. The van der Waals surface area contributed by atoms with Crippen LogP contribution < -0.4 is 4.74 Å². The van der Waals surface area contributed by atoms with Crippen molar-refractivity contribution in [1.82, 2.24) is 14.5 Å². The molecule has 2 N–H and O–H groups in total. The molecule has 0 fully saturated rings. The maximum absolute atomic E-state index is 12.9. The molecule has 0 saturated carbocycles. The summed E-state index contributed by atoms with van der Waals surface area (Å²) in [5.74, 6) is 0.745. The summed E-state index contributed by atoms with van der Waals surface area (Å²) < 4.78 is 32.2. The third-order valence-electron chi connectivity index (χ3n) is 5.25. The highest BCUT2D eigenvalue weighted by Crippen LogP contribution is 2.38. The topological polar surface area (TPSA) is 95.5 Å². The van der Waals surface area contributed by atoms with Gasteiger partial charge >= 0.3 is 0 Å². The van der Waals surface area contributed by atoms with E-state index < -0.39 is 22.2 Å². The molecule has 2 atom stereocenters. The van der Waals surface area contributed by atoms with E-state index in [1.165, 1.54) is 17.4 Å². The lowest BCUT2D eigenvalue weighted by molar-refractivity contribution is 0.0892. The molecule has 0 saturated heterocycles. The number of rotatable bonds is 4. The van der Waals surface area contributed by atoms with Crippen LogP contribution in [0.3, 0.4) is 0 Å². The van der Waals surface area contributed by atoms with Crippen LogP contribution in [0, 0.1) is 0 Å². The van der Waals surface area contributed by atoms with Crippen molar-refractivity contribution in [2.75, 3.05) is 14.2 Å². The number of likely N-dealkylation sites (N-methyl/N-ethyl adjacent to an activating group) is 1. The molecule has 2 aromatic carbocycles. The van der Waals surface area contributed by atoms with Gasteiger partial charge in [0, 0.05) is 18.2 Å². The predicted molar refractivity (Wildman–Crippen MR) is 104 cm³/mol. The normalized spacial score (nSPS) is 21.2. The van der Waals surface area contributed by atoms with E-state index in [0.717, 1.165) is 22.6 Å². The maximum Gasteiger partial charge on any atom is 0.243 e. The highest BCUT2D eigenvalue weighted by Gasteiger charge is 2.41. The van der Waals surface area contributed by atoms with Crippen LogP contribution in [0.2, 0.25) is 0 Å². The number of nitrogens with one attached hydrogen (secondary N) is 1. The van der Waals surface area contributed by atoms with Crippen molar-refractivity contribution in [2.45, 2.75) is 23.5 Å². The van der Waals surface area contributed by atoms with Crippen LogP contribution >= 0.6 is 0 Å². The van der Waals surface area contributed by atoms with Crippen LogP contribution in [0.1, 0.15) is 17.2 Å². The molecule has 0 spiro atoms. The molecule has 2 heterocycles. The zero-order valence-electron chi connectivity index (χ0n) is 15.5. The van der Waals surface area contributed by atoms with Crippen LogP contribution in [0.15, 0.2) is 59.6 Å². The van der Waals surface area contributed by atoms with E-state index in [0.29, 0.717) is 12.0 Å². The van der Waals surface area contributed by atoms with Crippen LogP contribution in [-0.2, 0) is 16.4 Å². The first kappa shape index (κ1) is 18.7. The van der Waals surface area contributed by atoms with Crippen LogP contribution in [-0.4, -0.2) is 48.2 Å². The first-order chi connectivity index (χ1) is 13.4. The second-order valence-corrected chi connectivity index (χ2v) is 8.74. The van der Waals surface area contributed by atoms with Crippen molar-refractivity contribution in [1.29, 1.82) is 0 Å². The number of ether oxygens (including phenoxy) is 1. The molecule has 1 aliphatic heterocycles. The molecule has 7 nitrogen and oxygen atoms in total. The second-order valence-electron chi connectivity index (χ2n) is 6.77. The number of hydrogen-bond donors (Lipinski definition) is 2. The minimum absolute atomic E-state index is 0.156. The van der Waals surface area contributed by atoms with Crippen molar-refractivity contribution in [3.63, 3.8) is 0 Å². The molecular weight excluding hydrogens is 378 g/mol. The van der Waals surface area contributed by atoms with E-state index in [2.05, 4.69) is 10.2 Å². The summed E-state index contributed by atoms with van der Waals surface area (Å²) in [7, 11) is -0.554. The first-order valence-corrected chi connectivity index (χ1v) is 10.3. The highest BCUT2D eigenvalue weighted by atomic mass is 32.2. The largest absolute Gasteiger partial charge is 0.497 e. The Labute approximate surface area is 163 Å². The van der Waals surface area contributed by atoms with Crippen molar-refractivity contribution < 1.29 is 18.3 Å². The Morgan fingerprint density at radius 2 is 1.89 bits per heavy atom. The lowest BCUT2D eigenvalue weighted by atomic mass is 9.94. The van der Waals surface area contributed by atoms with Gasteiger partial charge in [-0.05, 0) is 42.3 Å². The monoisotopic (exact) mass is 399 g/mol. The van der Waals surface area contributed by atoms with Gasteiger partial charge in [-0.25, -0.2) is 8.42 Å². The lowest BCUT2D eigenvalue weighted by Gasteiger charge is -2.37. The zero-order chi connectivity index (χ0) is 19.9. The van der Waals surface area contributed by atoms with Gasteiger partial charge in [-0.15, -0.1) is 0 Å². The van der Waals surface area contributed by atoms with Crippen LogP contribution in [0.25, 0.3) is 11.3 Å². The standard InChI is InChI=1S/C20H21N3O4S/c1-23-17(20(24)16-5-3-4-6-18(16)28(23,25)26)11-14-12-21-22-19(14)13-7-9-15(27-2)10-8-13/h3-10,12,17,20,24H,11H2,1-2H3,(H,21,22)/t17-,20+/m0/s1. The number of sulfonamides is 1. The summed E-state index contributed by atoms with van der Waals surface area (Å²) >= 11 is 0. The minimum atomic E-state index is -3.67. The van der Waals surface area contributed by atoms with Gasteiger partial charge < -0.3 is 9.84 Å². The summed E-state index contributed by atoms with van der Waals surface area (Å²) in [6.07, 6.45) is 1.07.